The van der Waals surface area contributed by atoms with Crippen molar-refractivity contribution < 1.29 is 14.7 Å². The van der Waals surface area contributed by atoms with Crippen molar-refractivity contribution in [2.24, 2.45) is 0 Å². The van der Waals surface area contributed by atoms with Crippen LogP contribution in [0.2, 0.25) is 0 Å². The van der Waals surface area contributed by atoms with Crippen LogP contribution in [-0.2, 0) is 4.79 Å². The highest BCUT2D eigenvalue weighted by Crippen LogP contribution is 2.13. The molecule has 6 heteroatoms. The van der Waals surface area contributed by atoms with Crippen LogP contribution >= 0.6 is 0 Å². The van der Waals surface area contributed by atoms with Gasteiger partial charge >= 0.3 is 5.97 Å². The highest BCUT2D eigenvalue weighted by Gasteiger charge is 2.18. The van der Waals surface area contributed by atoms with Gasteiger partial charge < -0.3 is 15.3 Å². The van der Waals surface area contributed by atoms with Crippen molar-refractivity contribution in [3.05, 3.63) is 24.0 Å². The number of aliphatic carboxylic acids is 1. The molecule has 6 nitrogen and oxygen atoms in total. The molecule has 1 aromatic rings. The molecule has 0 aliphatic heterocycles. The second kappa shape index (κ2) is 8.24. The van der Waals surface area contributed by atoms with Crippen LogP contribution in [0.1, 0.15) is 44.1 Å². The van der Waals surface area contributed by atoms with Crippen molar-refractivity contribution in [1.29, 1.82) is 0 Å². The fraction of sp³-hybridized carbons (Fsp3) is 0.533. The number of pyridine rings is 1. The molecule has 1 aromatic heterocycles. The molecular formula is C15H23N3O3. The van der Waals surface area contributed by atoms with Gasteiger partial charge in [0.15, 0.2) is 0 Å². The Balaban J connectivity index is 2.89. The third-order valence-electron chi connectivity index (χ3n) is 3.25. The minimum atomic E-state index is -0.898. The number of nitrogens with one attached hydrogen (secondary N) is 1. The molecule has 0 spiro atoms. The first-order chi connectivity index (χ1) is 10.0. The molecule has 2 N–H and O–H groups in total. The lowest BCUT2D eigenvalue weighted by molar-refractivity contribution is -0.138. The summed E-state index contributed by atoms with van der Waals surface area (Å²) in [5, 5.41) is 12.1. The lowest BCUT2D eigenvalue weighted by atomic mass is 10.1. The number of carboxylic acids is 1. The SMILES string of the molecule is CCCC(Nc1ccnc(C(=O)N(CC)CC)c1)C(=O)O. The summed E-state index contributed by atoms with van der Waals surface area (Å²) in [5.41, 5.74) is 0.922. The average molecular weight is 293 g/mol. The molecule has 1 unspecified atom stereocenters. The van der Waals surface area contributed by atoms with E-state index in [1.807, 2.05) is 20.8 Å². The average Bonchev–Trinajstić information content (AvgIpc) is 2.48. The summed E-state index contributed by atoms with van der Waals surface area (Å²) in [6.07, 6.45) is 2.81. The largest absolute Gasteiger partial charge is 0.480 e. The van der Waals surface area contributed by atoms with Crippen molar-refractivity contribution in [1.82, 2.24) is 9.88 Å². The van der Waals surface area contributed by atoms with Crippen molar-refractivity contribution in [3.63, 3.8) is 0 Å². The van der Waals surface area contributed by atoms with Gasteiger partial charge in [0.25, 0.3) is 5.91 Å². The van der Waals surface area contributed by atoms with Gasteiger partial charge in [0.05, 0.1) is 0 Å². The smallest absolute Gasteiger partial charge is 0.326 e. The maximum absolute atomic E-state index is 12.2. The first-order valence-corrected chi connectivity index (χ1v) is 7.28. The first kappa shape index (κ1) is 16.9. The number of nitrogens with zero attached hydrogens (tertiary/aromatic N) is 2. The maximum atomic E-state index is 12.2. The number of carboxylic acid groups (broad SMARTS) is 1. The quantitative estimate of drug-likeness (QED) is 0.768. The third-order valence-corrected chi connectivity index (χ3v) is 3.25. The molecular weight excluding hydrogens is 270 g/mol. The van der Waals surface area contributed by atoms with Gasteiger partial charge in [0.2, 0.25) is 0 Å². The number of carbonyl (C=O) groups is 2. The topological polar surface area (TPSA) is 82.5 Å². The molecule has 0 saturated heterocycles. The van der Waals surface area contributed by atoms with Crippen molar-refractivity contribution in [2.45, 2.75) is 39.7 Å². The Kier molecular flexibility index (Phi) is 6.65. The van der Waals surface area contributed by atoms with E-state index >= 15 is 0 Å². The second-order valence-electron chi connectivity index (χ2n) is 4.73. The Hall–Kier alpha value is -2.11. The van der Waals surface area contributed by atoms with Crippen molar-refractivity contribution in [2.75, 3.05) is 18.4 Å². The predicted octanol–water partition coefficient (Wildman–Crippen LogP) is 2.23. The maximum Gasteiger partial charge on any atom is 0.326 e. The zero-order valence-corrected chi connectivity index (χ0v) is 12.8. The van der Waals surface area contributed by atoms with E-state index in [1.54, 1.807) is 17.0 Å². The second-order valence-corrected chi connectivity index (χ2v) is 4.73. The number of hydrogen-bond donors (Lipinski definition) is 2. The van der Waals surface area contributed by atoms with Gasteiger partial charge in [-0.25, -0.2) is 4.79 Å². The molecule has 1 amide bonds. The molecule has 0 aliphatic carbocycles. The summed E-state index contributed by atoms with van der Waals surface area (Å²) in [6, 6.07) is 2.62. The van der Waals surface area contributed by atoms with Gasteiger partial charge in [-0.05, 0) is 32.4 Å². The normalized spacial score (nSPS) is 11.8. The molecule has 0 saturated carbocycles. The first-order valence-electron chi connectivity index (χ1n) is 7.28. The van der Waals surface area contributed by atoms with Crippen LogP contribution in [0.15, 0.2) is 18.3 Å². The van der Waals surface area contributed by atoms with Crippen molar-refractivity contribution >= 4 is 17.6 Å². The van der Waals surface area contributed by atoms with Crippen LogP contribution in [0.3, 0.4) is 0 Å². The van der Waals surface area contributed by atoms with E-state index in [0.29, 0.717) is 30.9 Å². The molecule has 21 heavy (non-hydrogen) atoms. The third kappa shape index (κ3) is 4.73. The van der Waals surface area contributed by atoms with Crippen molar-refractivity contribution in [3.8, 4) is 0 Å². The van der Waals surface area contributed by atoms with Gasteiger partial charge in [0.1, 0.15) is 11.7 Å². The number of hydrogen-bond acceptors (Lipinski definition) is 4. The molecule has 1 rings (SSSR count). The molecule has 0 aliphatic rings. The highest BCUT2D eigenvalue weighted by atomic mass is 16.4. The van der Waals surface area contributed by atoms with E-state index in [1.165, 1.54) is 6.20 Å². The Morgan fingerprint density at radius 2 is 2.00 bits per heavy atom. The summed E-state index contributed by atoms with van der Waals surface area (Å²) in [6.45, 7) is 6.97. The molecule has 1 heterocycles. The predicted molar refractivity (Wildman–Crippen MR) is 81.4 cm³/mol. The lowest BCUT2D eigenvalue weighted by Crippen LogP contribution is -2.32. The molecule has 0 radical (unpaired) electrons. The van der Waals surface area contributed by atoms with Gasteiger partial charge in [-0.1, -0.05) is 13.3 Å². The van der Waals surface area contributed by atoms with Crippen LogP contribution in [0, 0.1) is 0 Å². The zero-order valence-electron chi connectivity index (χ0n) is 12.8. The van der Waals surface area contributed by atoms with E-state index in [-0.39, 0.29) is 5.91 Å². The van der Waals surface area contributed by atoms with Gasteiger partial charge in [-0.3, -0.25) is 9.78 Å². The van der Waals surface area contributed by atoms with Gasteiger partial charge in [-0.2, -0.15) is 0 Å². The number of amides is 1. The van der Waals surface area contributed by atoms with Gasteiger partial charge in [0, 0.05) is 25.0 Å². The number of anilines is 1. The monoisotopic (exact) mass is 293 g/mol. The Labute approximate surface area is 125 Å². The molecule has 0 aromatic carbocycles. The Bertz CT molecular complexity index is 487. The van der Waals surface area contributed by atoms with E-state index in [4.69, 9.17) is 5.11 Å². The van der Waals surface area contributed by atoms with E-state index in [2.05, 4.69) is 10.3 Å². The Morgan fingerprint density at radius 3 is 2.52 bits per heavy atom. The fourth-order valence-electron chi connectivity index (χ4n) is 2.06. The van der Waals surface area contributed by atoms with Crippen LogP contribution in [0.5, 0.6) is 0 Å². The molecule has 0 fully saturated rings. The van der Waals surface area contributed by atoms with E-state index < -0.39 is 12.0 Å². The van der Waals surface area contributed by atoms with E-state index in [9.17, 15) is 9.59 Å². The number of carbonyl (C=O) groups excluding carboxylic acids is 1. The molecule has 0 bridgehead atoms. The highest BCUT2D eigenvalue weighted by molar-refractivity contribution is 5.93. The Morgan fingerprint density at radius 1 is 1.33 bits per heavy atom. The lowest BCUT2D eigenvalue weighted by Gasteiger charge is -2.19. The molecule has 1 atom stereocenters. The van der Waals surface area contributed by atoms with Crippen LogP contribution in [0.25, 0.3) is 0 Å². The summed E-state index contributed by atoms with van der Waals surface area (Å²) in [4.78, 5) is 29.1. The van der Waals surface area contributed by atoms with Crippen LogP contribution in [-0.4, -0.2) is 46.0 Å². The minimum Gasteiger partial charge on any atom is -0.480 e. The summed E-state index contributed by atoms with van der Waals surface area (Å²) in [7, 11) is 0. The summed E-state index contributed by atoms with van der Waals surface area (Å²) in [5.74, 6) is -1.05. The summed E-state index contributed by atoms with van der Waals surface area (Å²) < 4.78 is 0. The molecule has 116 valence electrons. The number of aromatic nitrogens is 1. The zero-order chi connectivity index (χ0) is 15.8. The summed E-state index contributed by atoms with van der Waals surface area (Å²) >= 11 is 0. The van der Waals surface area contributed by atoms with E-state index in [0.717, 1.165) is 6.42 Å². The van der Waals surface area contributed by atoms with Crippen LogP contribution < -0.4 is 5.32 Å². The van der Waals surface area contributed by atoms with Crippen LogP contribution in [0.4, 0.5) is 5.69 Å². The number of rotatable bonds is 8. The van der Waals surface area contributed by atoms with Gasteiger partial charge in [-0.15, -0.1) is 0 Å². The fourth-order valence-corrected chi connectivity index (χ4v) is 2.06. The minimum absolute atomic E-state index is 0.147. The standard InChI is InChI=1S/C15H23N3O3/c1-4-7-12(15(20)21)17-11-8-9-16-13(10-11)14(19)18(5-2)6-3/h8-10,12H,4-7H2,1-3H3,(H,16,17)(H,20,21).